The second-order valence-electron chi connectivity index (χ2n) is 3.97. The molecule has 0 aromatic heterocycles. The number of hydrogen-bond donors (Lipinski definition) is 2. The van der Waals surface area contributed by atoms with Crippen molar-refractivity contribution < 1.29 is 9.84 Å². The highest BCUT2D eigenvalue weighted by Crippen LogP contribution is 2.20. The lowest BCUT2D eigenvalue weighted by molar-refractivity contribution is 0.0556. The van der Waals surface area contributed by atoms with E-state index in [-0.39, 0.29) is 12.6 Å². The first-order chi connectivity index (χ1) is 6.26. The smallest absolute Gasteiger partial charge is 0.0586 e. The summed E-state index contributed by atoms with van der Waals surface area (Å²) in [6.45, 7) is 2.23. The number of aliphatic hydroxyl groups excluding tert-OH is 1. The highest BCUT2D eigenvalue weighted by Gasteiger charge is 2.22. The van der Waals surface area contributed by atoms with Gasteiger partial charge in [0.15, 0.2) is 0 Å². The van der Waals surface area contributed by atoms with Gasteiger partial charge in [-0.05, 0) is 32.6 Å². The monoisotopic (exact) mass is 187 g/mol. The molecule has 0 heterocycles. The summed E-state index contributed by atoms with van der Waals surface area (Å²) in [5.74, 6) is 0. The molecule has 3 unspecified atom stereocenters. The van der Waals surface area contributed by atoms with Crippen molar-refractivity contribution in [1.29, 1.82) is 0 Å². The van der Waals surface area contributed by atoms with Crippen molar-refractivity contribution in [2.45, 2.75) is 50.8 Å². The van der Waals surface area contributed by atoms with E-state index in [1.165, 1.54) is 19.3 Å². The molecular formula is C10H21NO2. The Hall–Kier alpha value is -0.120. The zero-order chi connectivity index (χ0) is 9.68. The molecular weight excluding hydrogens is 166 g/mol. The molecule has 13 heavy (non-hydrogen) atoms. The summed E-state index contributed by atoms with van der Waals surface area (Å²) < 4.78 is 5.33. The molecule has 0 aromatic carbocycles. The fraction of sp³-hybridized carbons (Fsp3) is 1.00. The van der Waals surface area contributed by atoms with Crippen molar-refractivity contribution >= 4 is 0 Å². The van der Waals surface area contributed by atoms with Gasteiger partial charge in [-0.25, -0.2) is 0 Å². The van der Waals surface area contributed by atoms with Crippen molar-refractivity contribution in [2.75, 3.05) is 13.7 Å². The van der Waals surface area contributed by atoms with Gasteiger partial charge in [0.1, 0.15) is 0 Å². The molecule has 0 aromatic rings. The molecule has 1 aliphatic carbocycles. The molecule has 1 aliphatic rings. The second kappa shape index (κ2) is 5.58. The molecule has 0 aliphatic heterocycles. The van der Waals surface area contributed by atoms with Crippen LogP contribution in [-0.2, 0) is 4.74 Å². The molecule has 1 saturated carbocycles. The topological polar surface area (TPSA) is 41.5 Å². The summed E-state index contributed by atoms with van der Waals surface area (Å²) in [5.41, 5.74) is 0. The Morgan fingerprint density at radius 3 is 2.92 bits per heavy atom. The summed E-state index contributed by atoms with van der Waals surface area (Å²) in [6, 6.07) is 0.737. The predicted octanol–water partition coefficient (Wildman–Crippen LogP) is 0.914. The first kappa shape index (κ1) is 11.0. The summed E-state index contributed by atoms with van der Waals surface area (Å²) >= 11 is 0. The number of nitrogens with one attached hydrogen (secondary N) is 1. The van der Waals surface area contributed by atoms with E-state index >= 15 is 0 Å². The van der Waals surface area contributed by atoms with Gasteiger partial charge in [-0.1, -0.05) is 0 Å². The zero-order valence-electron chi connectivity index (χ0n) is 8.62. The molecule has 1 rings (SSSR count). The summed E-state index contributed by atoms with van der Waals surface area (Å²) in [6.07, 6.45) is 5.12. The van der Waals surface area contributed by atoms with Crippen LogP contribution < -0.4 is 5.32 Å². The SMILES string of the molecule is COC1CCCC(NC(C)CO)C1. The molecule has 0 bridgehead atoms. The van der Waals surface area contributed by atoms with Gasteiger partial charge in [0, 0.05) is 19.2 Å². The molecule has 2 N–H and O–H groups in total. The third-order valence-electron chi connectivity index (χ3n) is 2.75. The van der Waals surface area contributed by atoms with E-state index in [1.807, 2.05) is 6.92 Å². The average molecular weight is 187 g/mol. The maximum absolute atomic E-state index is 8.89. The van der Waals surface area contributed by atoms with E-state index in [1.54, 1.807) is 7.11 Å². The highest BCUT2D eigenvalue weighted by atomic mass is 16.5. The first-order valence-corrected chi connectivity index (χ1v) is 5.16. The lowest BCUT2D eigenvalue weighted by Gasteiger charge is -2.30. The van der Waals surface area contributed by atoms with Gasteiger partial charge >= 0.3 is 0 Å². The van der Waals surface area contributed by atoms with Gasteiger partial charge in [-0.15, -0.1) is 0 Å². The van der Waals surface area contributed by atoms with Crippen LogP contribution in [0.1, 0.15) is 32.6 Å². The highest BCUT2D eigenvalue weighted by molar-refractivity contribution is 4.80. The van der Waals surface area contributed by atoms with Crippen LogP contribution in [-0.4, -0.2) is 37.0 Å². The minimum Gasteiger partial charge on any atom is -0.395 e. The van der Waals surface area contributed by atoms with Crippen LogP contribution >= 0.6 is 0 Å². The van der Waals surface area contributed by atoms with Crippen LogP contribution in [0.4, 0.5) is 0 Å². The maximum atomic E-state index is 8.89. The Morgan fingerprint density at radius 2 is 2.31 bits per heavy atom. The number of ether oxygens (including phenoxy) is 1. The summed E-state index contributed by atoms with van der Waals surface area (Å²) in [7, 11) is 1.78. The van der Waals surface area contributed by atoms with E-state index in [4.69, 9.17) is 9.84 Å². The first-order valence-electron chi connectivity index (χ1n) is 5.16. The molecule has 3 nitrogen and oxygen atoms in total. The number of hydrogen-bond acceptors (Lipinski definition) is 3. The summed E-state index contributed by atoms with van der Waals surface area (Å²) in [4.78, 5) is 0. The van der Waals surface area contributed by atoms with Gasteiger partial charge in [0.25, 0.3) is 0 Å². The van der Waals surface area contributed by atoms with Gasteiger partial charge in [-0.2, -0.15) is 0 Å². The van der Waals surface area contributed by atoms with Crippen LogP contribution in [0.2, 0.25) is 0 Å². The van der Waals surface area contributed by atoms with Crippen molar-refractivity contribution in [3.63, 3.8) is 0 Å². The van der Waals surface area contributed by atoms with E-state index < -0.39 is 0 Å². The molecule has 0 spiro atoms. The Balaban J connectivity index is 2.25. The third kappa shape index (κ3) is 3.63. The van der Waals surface area contributed by atoms with Crippen molar-refractivity contribution in [3.05, 3.63) is 0 Å². The molecule has 3 heteroatoms. The lowest BCUT2D eigenvalue weighted by atomic mass is 9.92. The number of methoxy groups -OCH3 is 1. The average Bonchev–Trinajstić information content (AvgIpc) is 2.18. The molecule has 78 valence electrons. The number of aliphatic hydroxyl groups is 1. The van der Waals surface area contributed by atoms with Gasteiger partial charge in [0.05, 0.1) is 12.7 Å². The Bertz CT molecular complexity index is 139. The van der Waals surface area contributed by atoms with Crippen LogP contribution in [0, 0.1) is 0 Å². The van der Waals surface area contributed by atoms with Crippen molar-refractivity contribution in [2.24, 2.45) is 0 Å². The standard InChI is InChI=1S/C10H21NO2/c1-8(7-12)11-9-4-3-5-10(6-9)13-2/h8-12H,3-7H2,1-2H3. The van der Waals surface area contributed by atoms with E-state index in [0.717, 1.165) is 6.42 Å². The van der Waals surface area contributed by atoms with Gasteiger partial charge in [0.2, 0.25) is 0 Å². The zero-order valence-corrected chi connectivity index (χ0v) is 8.62. The van der Waals surface area contributed by atoms with Crippen LogP contribution in [0.15, 0.2) is 0 Å². The molecule has 3 atom stereocenters. The van der Waals surface area contributed by atoms with Crippen molar-refractivity contribution in [3.8, 4) is 0 Å². The second-order valence-corrected chi connectivity index (χ2v) is 3.97. The van der Waals surface area contributed by atoms with E-state index in [2.05, 4.69) is 5.32 Å². The quantitative estimate of drug-likeness (QED) is 0.687. The Labute approximate surface area is 80.5 Å². The Morgan fingerprint density at radius 1 is 1.54 bits per heavy atom. The van der Waals surface area contributed by atoms with Gasteiger partial charge < -0.3 is 15.2 Å². The summed E-state index contributed by atoms with van der Waals surface area (Å²) in [5, 5.41) is 12.3. The molecule has 0 saturated heterocycles. The normalized spacial score (nSPS) is 31.6. The largest absolute Gasteiger partial charge is 0.395 e. The van der Waals surface area contributed by atoms with Crippen LogP contribution in [0.25, 0.3) is 0 Å². The fourth-order valence-electron chi connectivity index (χ4n) is 1.97. The van der Waals surface area contributed by atoms with E-state index in [9.17, 15) is 0 Å². The third-order valence-corrected chi connectivity index (χ3v) is 2.75. The van der Waals surface area contributed by atoms with Crippen LogP contribution in [0.5, 0.6) is 0 Å². The van der Waals surface area contributed by atoms with Gasteiger partial charge in [-0.3, -0.25) is 0 Å². The molecule has 0 amide bonds. The lowest BCUT2D eigenvalue weighted by Crippen LogP contribution is -2.42. The van der Waals surface area contributed by atoms with Crippen molar-refractivity contribution in [1.82, 2.24) is 5.32 Å². The fourth-order valence-corrected chi connectivity index (χ4v) is 1.97. The predicted molar refractivity (Wildman–Crippen MR) is 52.7 cm³/mol. The maximum Gasteiger partial charge on any atom is 0.0586 e. The Kier molecular flexibility index (Phi) is 4.70. The molecule has 1 fully saturated rings. The van der Waals surface area contributed by atoms with Crippen LogP contribution in [0.3, 0.4) is 0 Å². The molecule has 0 radical (unpaired) electrons. The van der Waals surface area contributed by atoms with E-state index in [0.29, 0.717) is 12.1 Å². The number of rotatable bonds is 4. The minimum absolute atomic E-state index is 0.209. The minimum atomic E-state index is 0.209.